The number of rotatable bonds is 5. The van der Waals surface area contributed by atoms with Crippen molar-refractivity contribution in [3.63, 3.8) is 0 Å². The third kappa shape index (κ3) is 3.73. The van der Waals surface area contributed by atoms with E-state index in [9.17, 15) is 0 Å². The average Bonchev–Trinajstić information content (AvgIpc) is 3.08. The molecule has 3 heteroatoms. The fraction of sp³-hybridized carbons (Fsp3) is 0.500. The number of nitrogens with one attached hydrogen (secondary N) is 1. The van der Waals surface area contributed by atoms with Crippen molar-refractivity contribution < 1.29 is 0 Å². The van der Waals surface area contributed by atoms with Crippen molar-refractivity contribution in [2.75, 3.05) is 0 Å². The summed E-state index contributed by atoms with van der Waals surface area (Å²) in [7, 11) is 0. The predicted molar refractivity (Wildman–Crippen MR) is 86.4 cm³/mol. The Morgan fingerprint density at radius 2 is 1.90 bits per heavy atom. The van der Waals surface area contributed by atoms with Crippen LogP contribution in [0.1, 0.15) is 44.6 Å². The lowest BCUT2D eigenvalue weighted by Crippen LogP contribution is -2.32. The maximum Gasteiger partial charge on any atom is 0.0991 e. The van der Waals surface area contributed by atoms with Crippen LogP contribution in [-0.4, -0.2) is 15.6 Å². The summed E-state index contributed by atoms with van der Waals surface area (Å²) in [4.78, 5) is 4.08. The van der Waals surface area contributed by atoms with Crippen molar-refractivity contribution in [3.8, 4) is 5.69 Å². The smallest absolute Gasteiger partial charge is 0.0991 e. The fourth-order valence-corrected chi connectivity index (χ4v) is 3.23. The summed E-state index contributed by atoms with van der Waals surface area (Å²) in [5.74, 6) is 0.970. The van der Waals surface area contributed by atoms with Gasteiger partial charge in [-0.25, -0.2) is 4.98 Å². The molecule has 2 aromatic rings. The Labute approximate surface area is 127 Å². The maximum atomic E-state index is 4.08. The zero-order valence-electron chi connectivity index (χ0n) is 12.8. The minimum absolute atomic E-state index is 0.709. The van der Waals surface area contributed by atoms with Gasteiger partial charge in [-0.2, -0.15) is 0 Å². The Hall–Kier alpha value is -1.61. The van der Waals surface area contributed by atoms with Gasteiger partial charge in [-0.3, -0.25) is 0 Å². The van der Waals surface area contributed by atoms with E-state index in [1.54, 1.807) is 0 Å². The van der Waals surface area contributed by atoms with E-state index < -0.39 is 0 Å². The molecule has 0 atom stereocenters. The van der Waals surface area contributed by atoms with Gasteiger partial charge >= 0.3 is 0 Å². The second kappa shape index (κ2) is 6.90. The number of aromatic nitrogens is 2. The number of nitrogens with zero attached hydrogens (tertiary/aromatic N) is 2. The second-order valence-corrected chi connectivity index (χ2v) is 6.14. The van der Waals surface area contributed by atoms with E-state index in [1.807, 2.05) is 23.3 Å². The highest BCUT2D eigenvalue weighted by molar-refractivity contribution is 5.34. The lowest BCUT2D eigenvalue weighted by atomic mass is 9.84. The van der Waals surface area contributed by atoms with Crippen LogP contribution in [0, 0.1) is 5.92 Å². The zero-order valence-corrected chi connectivity index (χ0v) is 12.8. The highest BCUT2D eigenvalue weighted by atomic mass is 15.0. The van der Waals surface area contributed by atoms with E-state index in [4.69, 9.17) is 0 Å². The van der Waals surface area contributed by atoms with E-state index in [1.165, 1.54) is 43.4 Å². The van der Waals surface area contributed by atoms with Crippen molar-refractivity contribution in [2.24, 2.45) is 5.92 Å². The highest BCUT2D eigenvalue weighted by Gasteiger charge is 2.19. The molecule has 3 rings (SSSR count). The van der Waals surface area contributed by atoms with Crippen LogP contribution >= 0.6 is 0 Å². The molecule has 112 valence electrons. The van der Waals surface area contributed by atoms with E-state index in [2.05, 4.69) is 41.5 Å². The van der Waals surface area contributed by atoms with Crippen LogP contribution in [0.15, 0.2) is 43.0 Å². The normalized spacial score (nSPS) is 22.3. The summed E-state index contributed by atoms with van der Waals surface area (Å²) in [6.07, 6.45) is 12.4. The number of benzene rings is 1. The van der Waals surface area contributed by atoms with Gasteiger partial charge in [0.15, 0.2) is 0 Å². The molecule has 3 nitrogen and oxygen atoms in total. The number of imidazole rings is 1. The molecule has 0 bridgehead atoms. The molecule has 1 aromatic heterocycles. The molecule has 1 aliphatic rings. The lowest BCUT2D eigenvalue weighted by Gasteiger charge is -2.28. The van der Waals surface area contributed by atoms with Gasteiger partial charge in [-0.15, -0.1) is 0 Å². The van der Waals surface area contributed by atoms with Crippen molar-refractivity contribution in [2.45, 2.75) is 51.6 Å². The van der Waals surface area contributed by atoms with Gasteiger partial charge < -0.3 is 9.88 Å². The van der Waals surface area contributed by atoms with E-state index in [0.29, 0.717) is 6.04 Å². The second-order valence-electron chi connectivity index (χ2n) is 6.14. The number of hydrogen-bond acceptors (Lipinski definition) is 2. The molecule has 1 aliphatic carbocycles. The van der Waals surface area contributed by atoms with Gasteiger partial charge in [0.25, 0.3) is 0 Å². The molecular formula is C18H25N3. The Morgan fingerprint density at radius 1 is 1.14 bits per heavy atom. The minimum Gasteiger partial charge on any atom is -0.310 e. The molecule has 21 heavy (non-hydrogen) atoms. The summed E-state index contributed by atoms with van der Waals surface area (Å²) in [6.45, 7) is 3.30. The highest BCUT2D eigenvalue weighted by Crippen LogP contribution is 2.26. The molecule has 0 saturated heterocycles. The molecule has 1 fully saturated rings. The SMILES string of the molecule is CCC1CCC(NCc2ccc(-n3ccnc3)cc2)CC1. The Balaban J connectivity index is 1.50. The van der Waals surface area contributed by atoms with Gasteiger partial charge in [-0.05, 0) is 49.3 Å². The summed E-state index contributed by atoms with van der Waals surface area (Å²) in [6, 6.07) is 9.44. The van der Waals surface area contributed by atoms with Gasteiger partial charge in [0, 0.05) is 30.7 Å². The molecule has 1 N–H and O–H groups in total. The van der Waals surface area contributed by atoms with E-state index in [-0.39, 0.29) is 0 Å². The Kier molecular flexibility index (Phi) is 4.71. The first-order valence-electron chi connectivity index (χ1n) is 8.16. The topological polar surface area (TPSA) is 29.9 Å². The third-order valence-corrected chi connectivity index (χ3v) is 4.76. The van der Waals surface area contributed by atoms with Crippen LogP contribution in [-0.2, 0) is 6.54 Å². The van der Waals surface area contributed by atoms with Crippen LogP contribution in [0.5, 0.6) is 0 Å². The monoisotopic (exact) mass is 283 g/mol. The largest absolute Gasteiger partial charge is 0.310 e. The summed E-state index contributed by atoms with van der Waals surface area (Å²) in [5.41, 5.74) is 2.52. The quantitative estimate of drug-likeness (QED) is 0.901. The first kappa shape index (κ1) is 14.3. The van der Waals surface area contributed by atoms with Crippen LogP contribution in [0.4, 0.5) is 0 Å². The Bertz CT molecular complexity index is 522. The third-order valence-electron chi connectivity index (χ3n) is 4.76. The van der Waals surface area contributed by atoms with Crippen LogP contribution in [0.2, 0.25) is 0 Å². The predicted octanol–water partition coefficient (Wildman–Crippen LogP) is 3.93. The molecule has 0 spiro atoms. The molecule has 1 heterocycles. The first-order valence-corrected chi connectivity index (χ1v) is 8.16. The van der Waals surface area contributed by atoms with Crippen molar-refractivity contribution in [3.05, 3.63) is 48.5 Å². The van der Waals surface area contributed by atoms with E-state index in [0.717, 1.165) is 12.5 Å². The average molecular weight is 283 g/mol. The van der Waals surface area contributed by atoms with Crippen LogP contribution in [0.25, 0.3) is 5.69 Å². The van der Waals surface area contributed by atoms with Crippen molar-refractivity contribution >= 4 is 0 Å². The first-order chi connectivity index (χ1) is 10.3. The van der Waals surface area contributed by atoms with Gasteiger partial charge in [0.1, 0.15) is 0 Å². The summed E-state index contributed by atoms with van der Waals surface area (Å²) < 4.78 is 2.03. The molecule has 0 unspecified atom stereocenters. The zero-order chi connectivity index (χ0) is 14.5. The van der Waals surface area contributed by atoms with Crippen LogP contribution in [0.3, 0.4) is 0 Å². The standard InChI is InChI=1S/C18H25N3/c1-2-15-3-7-17(8-4-15)20-13-16-5-9-18(10-6-16)21-12-11-19-14-21/h5-6,9-12,14-15,17,20H,2-4,7-8,13H2,1H3. The fourth-order valence-electron chi connectivity index (χ4n) is 3.23. The Morgan fingerprint density at radius 3 is 2.52 bits per heavy atom. The van der Waals surface area contributed by atoms with Gasteiger partial charge in [0.05, 0.1) is 6.33 Å². The molecular weight excluding hydrogens is 258 g/mol. The van der Waals surface area contributed by atoms with Crippen molar-refractivity contribution in [1.82, 2.24) is 14.9 Å². The summed E-state index contributed by atoms with van der Waals surface area (Å²) >= 11 is 0. The lowest BCUT2D eigenvalue weighted by molar-refractivity contribution is 0.285. The summed E-state index contributed by atoms with van der Waals surface area (Å²) in [5, 5.41) is 3.72. The minimum atomic E-state index is 0.709. The van der Waals surface area contributed by atoms with Gasteiger partial charge in [0.2, 0.25) is 0 Å². The van der Waals surface area contributed by atoms with Crippen molar-refractivity contribution in [1.29, 1.82) is 0 Å². The molecule has 1 aromatic carbocycles. The molecule has 1 saturated carbocycles. The number of hydrogen-bond donors (Lipinski definition) is 1. The maximum absolute atomic E-state index is 4.08. The van der Waals surface area contributed by atoms with Crippen LogP contribution < -0.4 is 5.32 Å². The molecule has 0 amide bonds. The molecule has 0 aliphatic heterocycles. The van der Waals surface area contributed by atoms with E-state index >= 15 is 0 Å². The van der Waals surface area contributed by atoms with Gasteiger partial charge in [-0.1, -0.05) is 25.5 Å². The molecule has 0 radical (unpaired) electrons.